The topological polar surface area (TPSA) is 209 Å². The van der Waals surface area contributed by atoms with E-state index in [1.807, 2.05) is 6.92 Å². The minimum atomic E-state index is -1.10. The van der Waals surface area contributed by atoms with Crippen molar-refractivity contribution < 1.29 is 28.8 Å². The highest BCUT2D eigenvalue weighted by atomic mass is 16.6. The van der Waals surface area contributed by atoms with E-state index in [0.717, 1.165) is 6.07 Å². The van der Waals surface area contributed by atoms with Crippen LogP contribution in [0.2, 0.25) is 0 Å². The van der Waals surface area contributed by atoms with E-state index in [9.17, 15) is 29.3 Å². The number of fused-ring (bicyclic) bond motifs is 1. The predicted molar refractivity (Wildman–Crippen MR) is 125 cm³/mol. The second-order valence-corrected chi connectivity index (χ2v) is 8.20. The number of rotatable bonds is 8. The van der Waals surface area contributed by atoms with E-state index in [4.69, 9.17) is 16.2 Å². The third-order valence-electron chi connectivity index (χ3n) is 5.52. The van der Waals surface area contributed by atoms with Crippen LogP contribution < -0.4 is 32.2 Å². The molecule has 0 aromatic heterocycles. The first kappa shape index (κ1) is 27.5. The largest absolute Gasteiger partial charge is 0.493 e. The number of unbranched alkanes of at least 4 members (excludes halogenated alkanes) is 1. The molecule has 13 heteroatoms. The minimum absolute atomic E-state index is 0.0232. The van der Waals surface area contributed by atoms with Crippen molar-refractivity contribution in [1.82, 2.24) is 16.0 Å². The molecule has 4 amide bonds. The lowest BCUT2D eigenvalue weighted by Gasteiger charge is -2.26. The summed E-state index contributed by atoms with van der Waals surface area (Å²) in [4.78, 5) is 61.5. The van der Waals surface area contributed by atoms with Gasteiger partial charge in [0.05, 0.1) is 17.1 Å². The molecule has 0 unspecified atom stereocenters. The molecule has 0 saturated heterocycles. The number of non-ortho nitro benzene ring substituents is 1. The maximum Gasteiger partial charge on any atom is 0.270 e. The fourth-order valence-corrected chi connectivity index (χ4v) is 3.61. The highest BCUT2D eigenvalue weighted by Gasteiger charge is 2.30. The Morgan fingerprint density at radius 2 is 1.80 bits per heavy atom. The number of amides is 4. The fraction of sp³-hybridized carbons (Fsp3) is 0.545. The molecule has 7 N–H and O–H groups in total. The predicted octanol–water partition coefficient (Wildman–Crippen LogP) is -0.140. The van der Waals surface area contributed by atoms with Crippen LogP contribution in [-0.2, 0) is 14.4 Å². The molecule has 0 aliphatic carbocycles. The normalized spacial score (nSPS) is 21.4. The van der Waals surface area contributed by atoms with Gasteiger partial charge >= 0.3 is 0 Å². The lowest BCUT2D eigenvalue weighted by molar-refractivity contribution is -0.384. The molecular formula is C22H32N6O7. The van der Waals surface area contributed by atoms with Gasteiger partial charge in [-0.25, -0.2) is 0 Å². The number of nitro groups is 1. The first-order valence-corrected chi connectivity index (χ1v) is 11.5. The van der Waals surface area contributed by atoms with E-state index in [1.54, 1.807) is 0 Å². The molecule has 0 radical (unpaired) electrons. The third kappa shape index (κ3) is 7.91. The van der Waals surface area contributed by atoms with Crippen molar-refractivity contribution in [2.75, 3.05) is 13.2 Å². The molecule has 13 nitrogen and oxygen atoms in total. The Hall–Kier alpha value is -3.74. The summed E-state index contributed by atoms with van der Waals surface area (Å²) in [7, 11) is 0. The number of nitrogens with one attached hydrogen (secondary N) is 3. The summed E-state index contributed by atoms with van der Waals surface area (Å²) < 4.78 is 5.62. The average molecular weight is 493 g/mol. The summed E-state index contributed by atoms with van der Waals surface area (Å²) >= 11 is 0. The van der Waals surface area contributed by atoms with E-state index < -0.39 is 46.7 Å². The molecule has 2 rings (SSSR count). The number of ether oxygens (including phenoxy) is 1. The van der Waals surface area contributed by atoms with E-state index >= 15 is 0 Å². The van der Waals surface area contributed by atoms with E-state index in [-0.39, 0.29) is 42.9 Å². The van der Waals surface area contributed by atoms with E-state index in [2.05, 4.69) is 16.0 Å². The number of nitro benzene ring substituents is 1. The van der Waals surface area contributed by atoms with Gasteiger partial charge in [0, 0.05) is 18.6 Å². The zero-order chi connectivity index (χ0) is 26.0. The number of hydrogen-bond acceptors (Lipinski definition) is 8. The van der Waals surface area contributed by atoms with Crippen molar-refractivity contribution >= 4 is 29.3 Å². The molecule has 0 bridgehead atoms. The zero-order valence-corrected chi connectivity index (χ0v) is 19.6. The van der Waals surface area contributed by atoms with Crippen LogP contribution in [0.15, 0.2) is 18.2 Å². The van der Waals surface area contributed by atoms with Gasteiger partial charge < -0.3 is 32.2 Å². The Labute approximate surface area is 202 Å². The van der Waals surface area contributed by atoms with Gasteiger partial charge in [-0.3, -0.25) is 29.3 Å². The van der Waals surface area contributed by atoms with Crippen molar-refractivity contribution in [1.29, 1.82) is 0 Å². The molecule has 1 aliphatic rings. The number of carbonyl (C=O) groups excluding carboxylic acids is 4. The van der Waals surface area contributed by atoms with Gasteiger partial charge in [0.15, 0.2) is 0 Å². The SMILES string of the molecule is CCC[C@@H]1NC(=O)c2cc([N+](=O)[O-])ccc2OCC[C@@H](C(N)=O)NC(=O)[C@@H](CCCCN)NC1=O. The van der Waals surface area contributed by atoms with Gasteiger partial charge in [0.2, 0.25) is 17.7 Å². The van der Waals surface area contributed by atoms with Gasteiger partial charge in [0.25, 0.3) is 11.6 Å². The monoisotopic (exact) mass is 492 g/mol. The van der Waals surface area contributed by atoms with Crippen LogP contribution in [0.5, 0.6) is 5.75 Å². The molecule has 0 saturated carbocycles. The molecule has 1 aromatic rings. The van der Waals surface area contributed by atoms with Crippen LogP contribution in [0.1, 0.15) is 55.8 Å². The smallest absolute Gasteiger partial charge is 0.270 e. The summed E-state index contributed by atoms with van der Waals surface area (Å²) in [5.74, 6) is -2.71. The molecule has 1 aromatic carbocycles. The highest BCUT2D eigenvalue weighted by molar-refractivity contribution is 6.01. The summed E-state index contributed by atoms with van der Waals surface area (Å²) in [5, 5.41) is 19.0. The van der Waals surface area contributed by atoms with Gasteiger partial charge in [-0.05, 0) is 38.3 Å². The second kappa shape index (κ2) is 13.2. The van der Waals surface area contributed by atoms with Gasteiger partial charge in [-0.2, -0.15) is 0 Å². The Morgan fingerprint density at radius 3 is 2.43 bits per heavy atom. The highest BCUT2D eigenvalue weighted by Crippen LogP contribution is 2.25. The average Bonchev–Trinajstić information content (AvgIpc) is 2.81. The first-order valence-electron chi connectivity index (χ1n) is 11.5. The van der Waals surface area contributed by atoms with Crippen LogP contribution >= 0.6 is 0 Å². The lowest BCUT2D eigenvalue weighted by atomic mass is 10.0. The van der Waals surface area contributed by atoms with Crippen molar-refractivity contribution in [2.45, 2.75) is 63.6 Å². The molecule has 0 fully saturated rings. The minimum Gasteiger partial charge on any atom is -0.493 e. The number of nitrogens with two attached hydrogens (primary N) is 2. The zero-order valence-electron chi connectivity index (χ0n) is 19.6. The summed E-state index contributed by atoms with van der Waals surface area (Å²) in [6, 6.07) is 0.398. The van der Waals surface area contributed by atoms with Gasteiger partial charge in [0.1, 0.15) is 23.9 Å². The van der Waals surface area contributed by atoms with Gasteiger partial charge in [-0.15, -0.1) is 0 Å². The Balaban J connectivity index is 2.44. The van der Waals surface area contributed by atoms with E-state index in [1.165, 1.54) is 12.1 Å². The van der Waals surface area contributed by atoms with E-state index in [0.29, 0.717) is 25.8 Å². The summed E-state index contributed by atoms with van der Waals surface area (Å²) in [5.41, 5.74) is 10.5. The third-order valence-corrected chi connectivity index (χ3v) is 5.52. The Kier molecular flexibility index (Phi) is 10.4. The number of hydrogen-bond donors (Lipinski definition) is 5. The van der Waals surface area contributed by atoms with Crippen LogP contribution in [-0.4, -0.2) is 59.8 Å². The molecule has 35 heavy (non-hydrogen) atoms. The van der Waals surface area contributed by atoms with Crippen LogP contribution in [0, 0.1) is 10.1 Å². The van der Waals surface area contributed by atoms with Crippen molar-refractivity contribution in [3.63, 3.8) is 0 Å². The van der Waals surface area contributed by atoms with Crippen LogP contribution in [0.25, 0.3) is 0 Å². The second-order valence-electron chi connectivity index (χ2n) is 8.20. The van der Waals surface area contributed by atoms with Crippen molar-refractivity contribution in [3.05, 3.63) is 33.9 Å². The summed E-state index contributed by atoms with van der Waals surface area (Å²) in [6.45, 7) is 2.10. The quantitative estimate of drug-likeness (QED) is 0.187. The molecular weight excluding hydrogens is 460 g/mol. The lowest BCUT2D eigenvalue weighted by Crippen LogP contribution is -2.56. The standard InChI is InChI=1S/C22H32N6O7/c1-2-5-16-21(31)27-17(6-3-4-10-23)22(32)25-15(19(24)29)9-11-35-18-8-7-13(28(33)34)12-14(18)20(30)26-16/h7-8,12,15-17H,2-6,9-11,23H2,1H3,(H2,24,29)(H,25,32)(H,26,30)(H,27,31)/t15-,16-,17+/m0/s1. The van der Waals surface area contributed by atoms with Crippen LogP contribution in [0.4, 0.5) is 5.69 Å². The molecule has 0 spiro atoms. The number of benzene rings is 1. The Bertz CT molecular complexity index is 954. The molecule has 3 atom stereocenters. The maximum absolute atomic E-state index is 13.0. The molecule has 1 aliphatic heterocycles. The maximum atomic E-state index is 13.0. The fourth-order valence-electron chi connectivity index (χ4n) is 3.61. The Morgan fingerprint density at radius 1 is 1.11 bits per heavy atom. The van der Waals surface area contributed by atoms with Crippen LogP contribution in [0.3, 0.4) is 0 Å². The number of nitrogens with zero attached hydrogens (tertiary/aromatic N) is 1. The first-order chi connectivity index (χ1) is 16.7. The number of primary amides is 1. The van der Waals surface area contributed by atoms with Gasteiger partial charge in [-0.1, -0.05) is 13.3 Å². The summed E-state index contributed by atoms with van der Waals surface area (Å²) in [6.07, 6.45) is 2.19. The van der Waals surface area contributed by atoms with Crippen molar-refractivity contribution in [3.8, 4) is 5.75 Å². The number of carbonyl (C=O) groups is 4. The van der Waals surface area contributed by atoms with Crippen molar-refractivity contribution in [2.24, 2.45) is 11.5 Å². The molecule has 192 valence electrons. The molecule has 1 heterocycles.